The van der Waals surface area contributed by atoms with Gasteiger partial charge in [-0.1, -0.05) is 0 Å². The van der Waals surface area contributed by atoms with Crippen molar-refractivity contribution in [3.63, 3.8) is 0 Å². The fraction of sp³-hybridized carbons (Fsp3) is 0. The van der Waals surface area contributed by atoms with Crippen molar-refractivity contribution >= 4 is 35.7 Å². The van der Waals surface area contributed by atoms with Crippen molar-refractivity contribution in [2.24, 2.45) is 0 Å². The molecule has 0 saturated carbocycles. The molecule has 0 bridgehead atoms. The molecule has 0 fully saturated rings. The zero-order valence-corrected chi connectivity index (χ0v) is 8.60. The maximum atomic E-state index is 5.46. The average Bonchev–Trinajstić information content (AvgIpc) is 2.13. The number of hydrogen-bond donors (Lipinski definition) is 5. The summed E-state index contributed by atoms with van der Waals surface area (Å²) in [5.74, 6) is 0.718. The summed E-state index contributed by atoms with van der Waals surface area (Å²) in [5, 5.41) is 2.73. The van der Waals surface area contributed by atoms with Gasteiger partial charge in [0.05, 0.1) is 0 Å². The summed E-state index contributed by atoms with van der Waals surface area (Å²) in [4.78, 5) is 20.3. The van der Waals surface area contributed by atoms with Crippen LogP contribution in [0.5, 0.6) is 0 Å². The second kappa shape index (κ2) is 3.88. The Bertz CT molecular complexity index is 462. The van der Waals surface area contributed by atoms with Crippen molar-refractivity contribution in [1.29, 1.82) is 0 Å². The first kappa shape index (κ1) is 10.5. The van der Waals surface area contributed by atoms with Gasteiger partial charge in [0.15, 0.2) is 0 Å². The third-order valence-corrected chi connectivity index (χ3v) is 1.65. The topological polar surface area (TPSA) is 196 Å². The summed E-state index contributed by atoms with van der Waals surface area (Å²) in [5.41, 5.74) is 21.7. The highest BCUT2D eigenvalue weighted by atomic mass is 15.3. The van der Waals surface area contributed by atoms with Crippen LogP contribution in [0.2, 0.25) is 0 Å². The van der Waals surface area contributed by atoms with Crippen molar-refractivity contribution < 1.29 is 9.97 Å². The quantitative estimate of drug-likeness (QED) is 0.360. The van der Waals surface area contributed by atoms with Crippen LogP contribution in [0.15, 0.2) is 0 Å². The Kier molecular flexibility index (Phi) is 2.40. The number of aromatic amines is 2. The van der Waals surface area contributed by atoms with Gasteiger partial charge in [0.25, 0.3) is 0 Å². The summed E-state index contributed by atoms with van der Waals surface area (Å²) in [6.07, 6.45) is 0. The van der Waals surface area contributed by atoms with Crippen molar-refractivity contribution in [3.8, 4) is 0 Å². The predicted octanol–water partition coefficient (Wildman–Crippen LogP) is -3.03. The van der Waals surface area contributed by atoms with Crippen molar-refractivity contribution in [3.05, 3.63) is 0 Å². The zero-order chi connectivity index (χ0) is 12.4. The minimum absolute atomic E-state index is 0.00463. The minimum atomic E-state index is -0.00463. The molecular formula is C6H11N11+2. The van der Waals surface area contributed by atoms with Crippen molar-refractivity contribution in [1.82, 2.24) is 19.9 Å². The number of H-pyrrole nitrogens is 2. The van der Waals surface area contributed by atoms with Crippen LogP contribution < -0.4 is 38.2 Å². The van der Waals surface area contributed by atoms with Gasteiger partial charge in [0, 0.05) is 4.98 Å². The summed E-state index contributed by atoms with van der Waals surface area (Å²) < 4.78 is 0. The van der Waals surface area contributed by atoms with Crippen LogP contribution in [0.1, 0.15) is 0 Å². The number of nitrogen functional groups attached to an aromatic ring is 4. The van der Waals surface area contributed by atoms with Gasteiger partial charge >= 0.3 is 23.8 Å². The molecule has 2 heterocycles. The Morgan fingerprint density at radius 1 is 0.765 bits per heavy atom. The summed E-state index contributed by atoms with van der Waals surface area (Å²) in [6, 6.07) is 0. The van der Waals surface area contributed by atoms with E-state index >= 15 is 0 Å². The first-order valence-corrected chi connectivity index (χ1v) is 4.44. The Morgan fingerprint density at radius 3 is 1.82 bits per heavy atom. The first-order chi connectivity index (χ1) is 8.02. The molecule has 0 aliphatic heterocycles. The number of hydrogen-bond acceptors (Lipinski definition) is 9. The third kappa shape index (κ3) is 2.53. The number of nitrogens with two attached hydrogens (primary N) is 4. The molecule has 11 heteroatoms. The van der Waals surface area contributed by atoms with E-state index < -0.39 is 0 Å². The second-order valence-corrected chi connectivity index (χ2v) is 3.01. The van der Waals surface area contributed by atoms with E-state index in [-0.39, 0.29) is 29.7 Å². The molecule has 0 aliphatic rings. The molecule has 2 rings (SSSR count). The third-order valence-electron chi connectivity index (χ3n) is 1.65. The first-order valence-electron chi connectivity index (χ1n) is 4.44. The van der Waals surface area contributed by atoms with Crippen molar-refractivity contribution in [2.75, 3.05) is 28.3 Å². The van der Waals surface area contributed by atoms with E-state index in [1.165, 1.54) is 0 Å². The van der Waals surface area contributed by atoms with Gasteiger partial charge < -0.3 is 17.2 Å². The van der Waals surface area contributed by atoms with Gasteiger partial charge in [-0.25, -0.2) is 0 Å². The highest BCUT2D eigenvalue weighted by Gasteiger charge is 2.15. The number of aromatic nitrogens is 6. The van der Waals surface area contributed by atoms with E-state index in [2.05, 4.69) is 35.2 Å². The Balaban J connectivity index is 2.31. The highest BCUT2D eigenvalue weighted by molar-refractivity contribution is 5.43. The Labute approximate surface area is 94.7 Å². The number of rotatable bonds is 2. The van der Waals surface area contributed by atoms with Crippen molar-refractivity contribution in [2.45, 2.75) is 0 Å². The lowest BCUT2D eigenvalue weighted by Crippen LogP contribution is -2.30. The molecule has 11 N–H and O–H groups in total. The minimum Gasteiger partial charge on any atom is -0.368 e. The predicted molar refractivity (Wildman–Crippen MR) is 58.1 cm³/mol. The molecule has 2 aromatic rings. The van der Waals surface area contributed by atoms with Gasteiger partial charge in [-0.05, 0) is 0 Å². The van der Waals surface area contributed by atoms with Crippen LogP contribution >= 0.6 is 0 Å². The molecule has 17 heavy (non-hydrogen) atoms. The Morgan fingerprint density at radius 2 is 1.29 bits per heavy atom. The fourth-order valence-electron chi connectivity index (χ4n) is 1.11. The molecule has 0 atom stereocenters. The van der Waals surface area contributed by atoms with Crippen LogP contribution in [0, 0.1) is 0 Å². The zero-order valence-electron chi connectivity index (χ0n) is 8.60. The SMILES string of the molecule is Nc1nc(N)nc(Nc2[nH+]c(N)nc(N)[nH+]2)n1. The van der Waals surface area contributed by atoms with E-state index in [1.54, 1.807) is 0 Å². The second-order valence-electron chi connectivity index (χ2n) is 3.01. The fourth-order valence-corrected chi connectivity index (χ4v) is 1.11. The van der Waals surface area contributed by atoms with Gasteiger partial charge in [0.2, 0.25) is 11.9 Å². The lowest BCUT2D eigenvalue weighted by molar-refractivity contribution is -0.490. The summed E-state index contributed by atoms with van der Waals surface area (Å²) in [6.45, 7) is 0. The van der Waals surface area contributed by atoms with E-state index in [4.69, 9.17) is 22.9 Å². The number of nitrogens with zero attached hydrogens (tertiary/aromatic N) is 4. The molecule has 0 aromatic carbocycles. The molecule has 0 unspecified atom stereocenters. The van der Waals surface area contributed by atoms with E-state index in [0.717, 1.165) is 0 Å². The van der Waals surface area contributed by atoms with Crippen LogP contribution in [-0.4, -0.2) is 19.9 Å². The van der Waals surface area contributed by atoms with Gasteiger partial charge in [-0.15, -0.1) is 0 Å². The van der Waals surface area contributed by atoms with Gasteiger partial charge in [-0.2, -0.15) is 30.2 Å². The van der Waals surface area contributed by atoms with Crippen LogP contribution in [0.3, 0.4) is 0 Å². The van der Waals surface area contributed by atoms with Gasteiger partial charge in [0.1, 0.15) is 0 Å². The van der Waals surface area contributed by atoms with Crippen LogP contribution in [0.25, 0.3) is 0 Å². The lowest BCUT2D eigenvalue weighted by Gasteiger charge is -1.98. The molecule has 0 aliphatic carbocycles. The smallest absolute Gasteiger partial charge is 0.368 e. The maximum absolute atomic E-state index is 5.46. The van der Waals surface area contributed by atoms with E-state index in [1.807, 2.05) is 0 Å². The van der Waals surface area contributed by atoms with E-state index in [0.29, 0.717) is 5.95 Å². The van der Waals surface area contributed by atoms with Gasteiger partial charge in [-0.3, -0.25) is 5.73 Å². The number of nitrogens with one attached hydrogen (secondary N) is 3. The highest BCUT2D eigenvalue weighted by Crippen LogP contribution is 2.06. The Hall–Kier alpha value is -2.98. The normalized spacial score (nSPS) is 10.1. The monoisotopic (exact) mass is 237 g/mol. The molecule has 88 valence electrons. The molecule has 0 amide bonds. The lowest BCUT2D eigenvalue weighted by atomic mass is 10.7. The summed E-state index contributed by atoms with van der Waals surface area (Å²) in [7, 11) is 0. The van der Waals surface area contributed by atoms with E-state index in [9.17, 15) is 0 Å². The molecule has 11 nitrogen and oxygen atoms in total. The summed E-state index contributed by atoms with van der Waals surface area (Å²) >= 11 is 0. The average molecular weight is 237 g/mol. The molecule has 0 saturated heterocycles. The molecule has 0 radical (unpaired) electrons. The number of anilines is 6. The largest absolute Gasteiger partial charge is 0.434 e. The molecule has 2 aromatic heterocycles. The van der Waals surface area contributed by atoms with Crippen LogP contribution in [0.4, 0.5) is 35.7 Å². The molecule has 0 spiro atoms. The standard InChI is InChI=1S/C6H9N11/c7-1-11-2(8)14-5(13-1)17-6-15-3(9)12-4(10)16-6/h(H9,7,8,9,10,11,12,13,14,15,16,17)/p+2. The van der Waals surface area contributed by atoms with Crippen LogP contribution in [-0.2, 0) is 0 Å². The maximum Gasteiger partial charge on any atom is 0.434 e. The molecular weight excluding hydrogens is 226 g/mol.